The van der Waals surface area contributed by atoms with Crippen molar-refractivity contribution < 1.29 is 4.39 Å². The van der Waals surface area contributed by atoms with Crippen molar-refractivity contribution in [2.24, 2.45) is 0 Å². The van der Waals surface area contributed by atoms with Gasteiger partial charge in [-0.1, -0.05) is 37.7 Å². The highest BCUT2D eigenvalue weighted by atomic mass is 35.5. The zero-order valence-electron chi connectivity index (χ0n) is 10.00. The summed E-state index contributed by atoms with van der Waals surface area (Å²) in [7, 11) is 0. The zero-order chi connectivity index (χ0) is 13.3. The molecule has 0 unspecified atom stereocenters. The number of nitrogens with zero attached hydrogens (tertiary/aromatic N) is 1. The molecule has 0 bridgehead atoms. The van der Waals surface area contributed by atoms with E-state index in [0.717, 1.165) is 11.5 Å². The molecule has 5 heteroatoms. The third-order valence-electron chi connectivity index (χ3n) is 2.53. The molecule has 18 heavy (non-hydrogen) atoms. The average Bonchev–Trinajstić information content (AvgIpc) is 2.27. The van der Waals surface area contributed by atoms with Gasteiger partial charge in [-0.15, -0.1) is 0 Å². The highest BCUT2D eigenvalue weighted by Gasteiger charge is 2.08. The molecule has 0 amide bonds. The maximum atomic E-state index is 13.0. The fourth-order valence-electron chi connectivity index (χ4n) is 1.60. The number of hydrogen-bond acceptors (Lipinski definition) is 2. The van der Waals surface area contributed by atoms with Crippen LogP contribution >= 0.6 is 23.8 Å². The Hall–Kier alpha value is -1.26. The summed E-state index contributed by atoms with van der Waals surface area (Å²) in [5, 5.41) is 0.349. The van der Waals surface area contributed by atoms with Crippen molar-refractivity contribution in [2.75, 3.05) is 0 Å². The van der Waals surface area contributed by atoms with Crippen molar-refractivity contribution in [1.29, 1.82) is 0 Å². The Labute approximate surface area is 115 Å². The van der Waals surface area contributed by atoms with Gasteiger partial charge in [-0.3, -0.25) is 0 Å². The first-order chi connectivity index (χ1) is 8.47. The van der Waals surface area contributed by atoms with Crippen LogP contribution in [0.3, 0.4) is 0 Å². The van der Waals surface area contributed by atoms with Gasteiger partial charge in [-0.2, -0.15) is 0 Å². The minimum atomic E-state index is -0.361. The Morgan fingerprint density at radius 3 is 2.67 bits per heavy atom. The fourth-order valence-corrected chi connectivity index (χ4v) is 2.09. The summed E-state index contributed by atoms with van der Waals surface area (Å²) in [4.78, 5) is 7.42. The topological polar surface area (TPSA) is 28.7 Å². The maximum Gasteiger partial charge on any atom is 0.130 e. The second-order valence-corrected chi connectivity index (χ2v) is 5.12. The van der Waals surface area contributed by atoms with Crippen LogP contribution in [0.2, 0.25) is 5.02 Å². The van der Waals surface area contributed by atoms with Crippen LogP contribution in [-0.2, 0) is 0 Å². The van der Waals surface area contributed by atoms with Crippen molar-refractivity contribution in [2.45, 2.75) is 19.8 Å². The van der Waals surface area contributed by atoms with Crippen LogP contribution in [0.15, 0.2) is 24.3 Å². The van der Waals surface area contributed by atoms with E-state index in [9.17, 15) is 4.39 Å². The lowest BCUT2D eigenvalue weighted by molar-refractivity contribution is 0.628. The van der Waals surface area contributed by atoms with Crippen molar-refractivity contribution in [1.82, 2.24) is 9.97 Å². The molecule has 1 N–H and O–H groups in total. The van der Waals surface area contributed by atoms with E-state index in [1.807, 2.05) is 13.8 Å². The molecule has 0 saturated heterocycles. The highest BCUT2D eigenvalue weighted by Crippen LogP contribution is 2.27. The quantitative estimate of drug-likeness (QED) is 0.807. The lowest BCUT2D eigenvalue weighted by Gasteiger charge is -2.09. The van der Waals surface area contributed by atoms with E-state index in [-0.39, 0.29) is 11.7 Å². The van der Waals surface area contributed by atoms with Crippen molar-refractivity contribution in [3.05, 3.63) is 45.6 Å². The molecule has 2 rings (SSSR count). The molecular formula is C13H12ClFN2S. The molecule has 0 atom stereocenters. The van der Waals surface area contributed by atoms with E-state index < -0.39 is 0 Å². The molecule has 94 valence electrons. The van der Waals surface area contributed by atoms with Crippen LogP contribution in [0.5, 0.6) is 0 Å². The van der Waals surface area contributed by atoms with Crippen LogP contribution < -0.4 is 0 Å². The third kappa shape index (κ3) is 2.76. The number of aromatic nitrogens is 2. The van der Waals surface area contributed by atoms with Crippen molar-refractivity contribution in [3.8, 4) is 11.3 Å². The minimum absolute atomic E-state index is 0.228. The lowest BCUT2D eigenvalue weighted by Crippen LogP contribution is -1.99. The van der Waals surface area contributed by atoms with E-state index in [2.05, 4.69) is 9.97 Å². The summed E-state index contributed by atoms with van der Waals surface area (Å²) >= 11 is 11.2. The number of rotatable bonds is 2. The summed E-state index contributed by atoms with van der Waals surface area (Å²) in [5.74, 6) is 0.657. The van der Waals surface area contributed by atoms with Crippen LogP contribution in [0, 0.1) is 10.5 Å². The summed E-state index contributed by atoms with van der Waals surface area (Å²) in [6.45, 7) is 4.04. The molecule has 0 radical (unpaired) electrons. The molecule has 2 nitrogen and oxygen atoms in total. The molecule has 1 aromatic heterocycles. The molecular weight excluding hydrogens is 271 g/mol. The largest absolute Gasteiger partial charge is 0.343 e. The van der Waals surface area contributed by atoms with Gasteiger partial charge in [0.25, 0.3) is 0 Å². The zero-order valence-corrected chi connectivity index (χ0v) is 11.6. The molecule has 1 heterocycles. The van der Waals surface area contributed by atoms with Crippen LogP contribution in [0.4, 0.5) is 4.39 Å². The van der Waals surface area contributed by atoms with Crippen LogP contribution in [0.25, 0.3) is 11.3 Å². The van der Waals surface area contributed by atoms with E-state index in [0.29, 0.717) is 15.2 Å². The Morgan fingerprint density at radius 1 is 1.33 bits per heavy atom. The van der Waals surface area contributed by atoms with Crippen LogP contribution in [0.1, 0.15) is 25.6 Å². The fraction of sp³-hybridized carbons (Fsp3) is 0.231. The highest BCUT2D eigenvalue weighted by molar-refractivity contribution is 7.71. The van der Waals surface area contributed by atoms with Gasteiger partial charge in [0.2, 0.25) is 0 Å². The van der Waals surface area contributed by atoms with E-state index in [4.69, 9.17) is 23.8 Å². The predicted molar refractivity (Wildman–Crippen MR) is 73.9 cm³/mol. The van der Waals surface area contributed by atoms with Crippen molar-refractivity contribution in [3.63, 3.8) is 0 Å². The van der Waals surface area contributed by atoms with E-state index in [1.165, 1.54) is 12.1 Å². The maximum absolute atomic E-state index is 13.0. The molecule has 0 fully saturated rings. The Morgan fingerprint density at radius 2 is 2.06 bits per heavy atom. The SMILES string of the molecule is CC(C)c1nc(=S)cc(-c2ccc(F)cc2Cl)[nH]1. The molecule has 0 aliphatic carbocycles. The van der Waals surface area contributed by atoms with E-state index in [1.54, 1.807) is 12.1 Å². The van der Waals surface area contributed by atoms with Gasteiger partial charge in [-0.05, 0) is 24.3 Å². The molecule has 0 spiro atoms. The number of nitrogens with one attached hydrogen (secondary N) is 1. The average molecular weight is 283 g/mol. The van der Waals surface area contributed by atoms with Gasteiger partial charge in [0, 0.05) is 11.5 Å². The number of hydrogen-bond donors (Lipinski definition) is 1. The van der Waals surface area contributed by atoms with Gasteiger partial charge in [0.1, 0.15) is 16.3 Å². The molecule has 2 aromatic rings. The molecule has 0 aliphatic heterocycles. The first-order valence-electron chi connectivity index (χ1n) is 5.54. The third-order valence-corrected chi connectivity index (χ3v) is 3.05. The number of H-pyrrole nitrogens is 1. The normalized spacial score (nSPS) is 10.9. The Kier molecular flexibility index (Phi) is 3.78. The Bertz CT molecular complexity index is 637. The van der Waals surface area contributed by atoms with Crippen molar-refractivity contribution >= 4 is 23.8 Å². The van der Waals surface area contributed by atoms with E-state index >= 15 is 0 Å². The summed E-state index contributed by atoms with van der Waals surface area (Å²) in [5.41, 5.74) is 1.47. The van der Waals surface area contributed by atoms with Crippen LogP contribution in [-0.4, -0.2) is 9.97 Å². The monoisotopic (exact) mass is 282 g/mol. The molecule has 0 saturated carbocycles. The second-order valence-electron chi connectivity index (χ2n) is 4.30. The van der Waals surface area contributed by atoms with Gasteiger partial charge in [0.05, 0.1) is 10.7 Å². The van der Waals surface area contributed by atoms with Gasteiger partial charge in [-0.25, -0.2) is 9.37 Å². The molecule has 0 aliphatic rings. The summed E-state index contributed by atoms with van der Waals surface area (Å²) in [6.07, 6.45) is 0. The predicted octanol–water partition coefficient (Wildman–Crippen LogP) is 4.72. The number of benzene rings is 1. The Balaban J connectivity index is 2.60. The smallest absolute Gasteiger partial charge is 0.130 e. The first kappa shape index (κ1) is 13.2. The minimum Gasteiger partial charge on any atom is -0.343 e. The van der Waals surface area contributed by atoms with Gasteiger partial charge >= 0.3 is 0 Å². The van der Waals surface area contributed by atoms with Gasteiger partial charge in [0.15, 0.2) is 0 Å². The summed E-state index contributed by atoms with van der Waals surface area (Å²) < 4.78 is 13.5. The molecule has 1 aromatic carbocycles. The standard InChI is InChI=1S/C13H12ClFN2S/c1-7(2)13-16-11(6-12(18)17-13)9-4-3-8(15)5-10(9)14/h3-7H,1-2H3,(H,16,17,18). The number of aromatic amines is 1. The first-order valence-corrected chi connectivity index (χ1v) is 6.32. The van der Waals surface area contributed by atoms with Gasteiger partial charge < -0.3 is 4.98 Å². The number of halogens is 2. The second kappa shape index (κ2) is 5.16. The lowest BCUT2D eigenvalue weighted by atomic mass is 10.1. The summed E-state index contributed by atoms with van der Waals surface area (Å²) in [6, 6.07) is 6.00.